The van der Waals surface area contributed by atoms with Gasteiger partial charge in [-0.05, 0) is 35.7 Å². The van der Waals surface area contributed by atoms with Crippen LogP contribution < -0.4 is 16.6 Å². The molecule has 1 fully saturated rings. The highest BCUT2D eigenvalue weighted by Crippen LogP contribution is 2.39. The van der Waals surface area contributed by atoms with Crippen LogP contribution in [0.4, 0.5) is 11.8 Å². The molecular weight excluding hydrogens is 246 g/mol. The molecule has 0 aromatic carbocycles. The molecular formula is C8H12BrN5. The molecule has 0 saturated heterocycles. The molecule has 1 aliphatic rings. The number of halogens is 1. The molecule has 14 heavy (non-hydrogen) atoms. The number of rotatable bonds is 3. The fourth-order valence-corrected chi connectivity index (χ4v) is 1.41. The molecule has 0 unspecified atom stereocenters. The van der Waals surface area contributed by atoms with Crippen LogP contribution >= 0.6 is 15.9 Å². The Morgan fingerprint density at radius 1 is 1.57 bits per heavy atom. The molecule has 2 rings (SSSR count). The van der Waals surface area contributed by atoms with Gasteiger partial charge >= 0.3 is 0 Å². The predicted molar refractivity (Wildman–Crippen MR) is 58.8 cm³/mol. The molecule has 0 spiro atoms. The number of nitrogen functional groups attached to an aromatic ring is 1. The van der Waals surface area contributed by atoms with Gasteiger partial charge in [0.2, 0.25) is 5.95 Å². The number of anilines is 2. The zero-order valence-electron chi connectivity index (χ0n) is 7.84. The van der Waals surface area contributed by atoms with Gasteiger partial charge in [-0.2, -0.15) is 4.98 Å². The summed E-state index contributed by atoms with van der Waals surface area (Å²) >= 11 is 3.38. The fraction of sp³-hybridized carbons (Fsp3) is 0.500. The van der Waals surface area contributed by atoms with E-state index in [1.807, 2.05) is 0 Å². The molecule has 1 aliphatic carbocycles. The largest absolute Gasteiger partial charge is 0.364 e. The van der Waals surface area contributed by atoms with E-state index in [0.29, 0.717) is 5.95 Å². The quantitative estimate of drug-likeness (QED) is 0.565. The van der Waals surface area contributed by atoms with Crippen LogP contribution in [0.5, 0.6) is 0 Å². The van der Waals surface area contributed by atoms with Gasteiger partial charge < -0.3 is 5.32 Å². The van der Waals surface area contributed by atoms with E-state index in [9.17, 15) is 0 Å². The van der Waals surface area contributed by atoms with E-state index in [2.05, 4.69) is 43.6 Å². The van der Waals surface area contributed by atoms with Gasteiger partial charge in [-0.1, -0.05) is 0 Å². The molecule has 1 aromatic heterocycles. The molecule has 76 valence electrons. The highest BCUT2D eigenvalue weighted by molar-refractivity contribution is 9.10. The second-order valence-corrected chi connectivity index (χ2v) is 4.57. The minimum absolute atomic E-state index is 0.197. The maximum Gasteiger partial charge on any atom is 0.239 e. The first-order valence-electron chi connectivity index (χ1n) is 4.40. The van der Waals surface area contributed by atoms with Gasteiger partial charge in [0, 0.05) is 11.7 Å². The Labute approximate surface area is 90.6 Å². The molecule has 0 atom stereocenters. The number of hydrogen-bond acceptors (Lipinski definition) is 5. The van der Waals surface area contributed by atoms with Crippen molar-refractivity contribution in [1.82, 2.24) is 9.97 Å². The minimum atomic E-state index is 0.197. The van der Waals surface area contributed by atoms with Crippen LogP contribution in [0, 0.1) is 0 Å². The van der Waals surface area contributed by atoms with E-state index < -0.39 is 0 Å². The zero-order valence-corrected chi connectivity index (χ0v) is 9.43. The molecule has 0 amide bonds. The summed E-state index contributed by atoms with van der Waals surface area (Å²) < 4.78 is 0.852. The Bertz CT molecular complexity index is 350. The van der Waals surface area contributed by atoms with Crippen LogP contribution in [0.1, 0.15) is 19.8 Å². The summed E-state index contributed by atoms with van der Waals surface area (Å²) in [6, 6.07) is 0. The van der Waals surface area contributed by atoms with Crippen molar-refractivity contribution >= 4 is 27.7 Å². The van der Waals surface area contributed by atoms with Crippen molar-refractivity contribution in [3.05, 3.63) is 10.7 Å². The Morgan fingerprint density at radius 3 is 2.86 bits per heavy atom. The molecule has 0 radical (unpaired) electrons. The number of aromatic nitrogens is 2. The second kappa shape index (κ2) is 3.36. The van der Waals surface area contributed by atoms with Gasteiger partial charge in [-0.3, -0.25) is 5.43 Å². The number of hydrogen-bond donors (Lipinski definition) is 3. The Hall–Kier alpha value is -0.880. The number of nitrogens with one attached hydrogen (secondary N) is 2. The summed E-state index contributed by atoms with van der Waals surface area (Å²) in [4.78, 5) is 8.18. The molecule has 4 N–H and O–H groups in total. The van der Waals surface area contributed by atoms with Crippen LogP contribution in [-0.2, 0) is 0 Å². The lowest BCUT2D eigenvalue weighted by Crippen LogP contribution is -2.19. The maximum atomic E-state index is 5.23. The van der Waals surface area contributed by atoms with Crippen molar-refractivity contribution in [2.75, 3.05) is 10.7 Å². The number of nitrogens with zero attached hydrogens (tertiary/aromatic N) is 2. The molecule has 1 aromatic rings. The third kappa shape index (κ3) is 1.96. The van der Waals surface area contributed by atoms with Crippen LogP contribution in [0.25, 0.3) is 0 Å². The number of nitrogens with two attached hydrogens (primary N) is 1. The van der Waals surface area contributed by atoms with Crippen molar-refractivity contribution in [3.63, 3.8) is 0 Å². The van der Waals surface area contributed by atoms with Crippen molar-refractivity contribution in [2.24, 2.45) is 5.84 Å². The van der Waals surface area contributed by atoms with Crippen LogP contribution in [-0.4, -0.2) is 15.5 Å². The van der Waals surface area contributed by atoms with Crippen LogP contribution in [0.3, 0.4) is 0 Å². The lowest BCUT2D eigenvalue weighted by atomic mass is 10.3. The van der Waals surface area contributed by atoms with Gasteiger partial charge in [-0.15, -0.1) is 0 Å². The third-order valence-electron chi connectivity index (χ3n) is 2.29. The predicted octanol–water partition coefficient (Wildman–Crippen LogP) is 1.49. The fourth-order valence-electron chi connectivity index (χ4n) is 1.12. The first-order valence-corrected chi connectivity index (χ1v) is 5.20. The minimum Gasteiger partial charge on any atom is -0.364 e. The first-order chi connectivity index (χ1) is 6.63. The average molecular weight is 258 g/mol. The van der Waals surface area contributed by atoms with Crippen molar-refractivity contribution < 1.29 is 0 Å². The highest BCUT2D eigenvalue weighted by Gasteiger charge is 2.37. The van der Waals surface area contributed by atoms with Crippen molar-refractivity contribution in [1.29, 1.82) is 0 Å². The summed E-state index contributed by atoms with van der Waals surface area (Å²) in [6.45, 7) is 2.16. The van der Waals surface area contributed by atoms with E-state index in [1.165, 1.54) is 12.8 Å². The smallest absolute Gasteiger partial charge is 0.239 e. The van der Waals surface area contributed by atoms with Gasteiger partial charge in [-0.25, -0.2) is 10.8 Å². The molecule has 0 bridgehead atoms. The van der Waals surface area contributed by atoms with E-state index in [0.717, 1.165) is 10.3 Å². The molecule has 1 saturated carbocycles. The third-order valence-corrected chi connectivity index (χ3v) is 2.87. The van der Waals surface area contributed by atoms with Gasteiger partial charge in [0.25, 0.3) is 0 Å². The molecule has 0 aliphatic heterocycles. The lowest BCUT2D eigenvalue weighted by Gasteiger charge is -2.13. The first kappa shape index (κ1) is 9.67. The summed E-state index contributed by atoms with van der Waals surface area (Å²) in [5.74, 6) is 6.43. The van der Waals surface area contributed by atoms with E-state index in [4.69, 9.17) is 5.84 Å². The van der Waals surface area contributed by atoms with E-state index in [1.54, 1.807) is 6.20 Å². The summed E-state index contributed by atoms with van der Waals surface area (Å²) in [7, 11) is 0. The van der Waals surface area contributed by atoms with Crippen molar-refractivity contribution in [3.8, 4) is 0 Å². The summed E-state index contributed by atoms with van der Waals surface area (Å²) in [6.07, 6.45) is 4.03. The average Bonchev–Trinajstić information content (AvgIpc) is 2.88. The second-order valence-electron chi connectivity index (χ2n) is 3.72. The molecule has 5 nitrogen and oxygen atoms in total. The normalized spacial score (nSPS) is 17.6. The van der Waals surface area contributed by atoms with Crippen LogP contribution in [0.2, 0.25) is 0 Å². The van der Waals surface area contributed by atoms with E-state index >= 15 is 0 Å². The van der Waals surface area contributed by atoms with E-state index in [-0.39, 0.29) is 5.54 Å². The lowest BCUT2D eigenvalue weighted by molar-refractivity contribution is 0.818. The summed E-state index contributed by atoms with van der Waals surface area (Å²) in [5, 5.41) is 3.34. The van der Waals surface area contributed by atoms with Gasteiger partial charge in [0.1, 0.15) is 5.82 Å². The summed E-state index contributed by atoms with van der Waals surface area (Å²) in [5.41, 5.74) is 2.61. The zero-order chi connectivity index (χ0) is 10.2. The van der Waals surface area contributed by atoms with Gasteiger partial charge in [0.05, 0.1) is 4.47 Å². The Kier molecular flexibility index (Phi) is 2.32. The van der Waals surface area contributed by atoms with Crippen molar-refractivity contribution in [2.45, 2.75) is 25.3 Å². The van der Waals surface area contributed by atoms with Gasteiger partial charge in [0.15, 0.2) is 0 Å². The molecule has 1 heterocycles. The van der Waals surface area contributed by atoms with Crippen LogP contribution in [0.15, 0.2) is 10.7 Å². The monoisotopic (exact) mass is 257 g/mol. The SMILES string of the molecule is CC1(Nc2nc(NN)ncc2Br)CC1. The highest BCUT2D eigenvalue weighted by atomic mass is 79.9. The topological polar surface area (TPSA) is 75.9 Å². The maximum absolute atomic E-state index is 5.23. The standard InChI is InChI=1S/C8H12BrN5/c1-8(2-3-8)13-6-5(9)4-11-7(12-6)14-10/h4H,2-3,10H2,1H3,(H2,11,12,13,14). The Balaban J connectivity index is 2.22. The molecule has 6 heteroatoms. The number of hydrazine groups is 1. The Morgan fingerprint density at radius 2 is 2.29 bits per heavy atom.